The molecule has 0 unspecified atom stereocenters. The van der Waals surface area contributed by atoms with Gasteiger partial charge in [-0.15, -0.1) is 0 Å². The standard InChI is InChI=1S/C23H28N4O/c1-18-7-4-5-15-26(18)16-6-14-24-23(28)19-10-12-20(13-11-19)27-17-25-21-8-2-3-9-22(21)27/h2-3,8-13,17-18H,4-7,14-16H2,1H3,(H,24,28)/t18-/m1/s1. The van der Waals surface area contributed by atoms with Crippen molar-refractivity contribution < 1.29 is 4.79 Å². The molecular weight excluding hydrogens is 348 g/mol. The average molecular weight is 377 g/mol. The molecule has 5 heteroatoms. The molecule has 146 valence electrons. The molecule has 0 saturated carbocycles. The Morgan fingerprint density at radius 3 is 2.79 bits per heavy atom. The first kappa shape index (κ1) is 18.7. The summed E-state index contributed by atoms with van der Waals surface area (Å²) in [5.74, 6) is -0.00580. The van der Waals surface area contributed by atoms with Crippen LogP contribution < -0.4 is 5.32 Å². The quantitative estimate of drug-likeness (QED) is 0.661. The number of rotatable bonds is 6. The van der Waals surface area contributed by atoms with Crippen molar-refractivity contribution in [2.75, 3.05) is 19.6 Å². The maximum atomic E-state index is 12.4. The lowest BCUT2D eigenvalue weighted by Crippen LogP contribution is -2.39. The Labute approximate surface area is 166 Å². The Balaban J connectivity index is 1.31. The van der Waals surface area contributed by atoms with Gasteiger partial charge >= 0.3 is 0 Å². The number of likely N-dealkylation sites (tertiary alicyclic amines) is 1. The normalized spacial score (nSPS) is 17.7. The minimum atomic E-state index is -0.00580. The van der Waals surface area contributed by atoms with Crippen LogP contribution in [0.2, 0.25) is 0 Å². The van der Waals surface area contributed by atoms with Crippen LogP contribution in [-0.4, -0.2) is 46.0 Å². The highest BCUT2D eigenvalue weighted by Crippen LogP contribution is 2.18. The van der Waals surface area contributed by atoms with Crippen LogP contribution in [0.1, 0.15) is 43.0 Å². The summed E-state index contributed by atoms with van der Waals surface area (Å²) in [7, 11) is 0. The number of hydrogen-bond acceptors (Lipinski definition) is 3. The minimum Gasteiger partial charge on any atom is -0.352 e. The number of fused-ring (bicyclic) bond motifs is 1. The molecule has 1 aliphatic heterocycles. The molecule has 4 rings (SSSR count). The average Bonchev–Trinajstić information content (AvgIpc) is 3.16. The van der Waals surface area contributed by atoms with Gasteiger partial charge in [0.05, 0.1) is 11.0 Å². The van der Waals surface area contributed by atoms with Crippen LogP contribution >= 0.6 is 0 Å². The molecule has 0 bridgehead atoms. The molecule has 1 aromatic heterocycles. The molecule has 3 aromatic rings. The summed E-state index contributed by atoms with van der Waals surface area (Å²) < 4.78 is 2.04. The van der Waals surface area contributed by atoms with E-state index in [-0.39, 0.29) is 5.91 Å². The van der Waals surface area contributed by atoms with Gasteiger partial charge in [0, 0.05) is 30.4 Å². The first-order valence-electron chi connectivity index (χ1n) is 10.3. The first-order chi connectivity index (χ1) is 13.7. The van der Waals surface area contributed by atoms with Gasteiger partial charge < -0.3 is 10.2 Å². The lowest BCUT2D eigenvalue weighted by Gasteiger charge is -2.33. The lowest BCUT2D eigenvalue weighted by atomic mass is 10.0. The Morgan fingerprint density at radius 1 is 1.14 bits per heavy atom. The second-order valence-electron chi connectivity index (χ2n) is 7.64. The number of benzene rings is 2. The van der Waals surface area contributed by atoms with Crippen molar-refractivity contribution in [3.05, 3.63) is 60.4 Å². The smallest absolute Gasteiger partial charge is 0.251 e. The molecule has 1 aliphatic rings. The molecule has 1 amide bonds. The maximum absolute atomic E-state index is 12.4. The second kappa shape index (κ2) is 8.57. The molecule has 5 nitrogen and oxygen atoms in total. The number of aromatic nitrogens is 2. The monoisotopic (exact) mass is 376 g/mol. The van der Waals surface area contributed by atoms with E-state index in [1.807, 2.05) is 59.4 Å². The zero-order valence-corrected chi connectivity index (χ0v) is 16.5. The summed E-state index contributed by atoms with van der Waals surface area (Å²) in [4.78, 5) is 19.4. The molecule has 1 fully saturated rings. The van der Waals surface area contributed by atoms with Gasteiger partial charge in [0.25, 0.3) is 5.91 Å². The second-order valence-corrected chi connectivity index (χ2v) is 7.64. The van der Waals surface area contributed by atoms with E-state index in [0.29, 0.717) is 11.6 Å². The molecular formula is C23H28N4O. The van der Waals surface area contributed by atoms with Gasteiger partial charge in [-0.3, -0.25) is 9.36 Å². The molecule has 0 radical (unpaired) electrons. The summed E-state index contributed by atoms with van der Waals surface area (Å²) in [6.45, 7) is 5.28. The van der Waals surface area contributed by atoms with E-state index in [2.05, 4.69) is 22.1 Å². The summed E-state index contributed by atoms with van der Waals surface area (Å²) in [6.07, 6.45) is 6.76. The molecule has 28 heavy (non-hydrogen) atoms. The predicted molar refractivity (Wildman–Crippen MR) is 113 cm³/mol. The summed E-state index contributed by atoms with van der Waals surface area (Å²) in [5.41, 5.74) is 3.72. The van der Waals surface area contributed by atoms with E-state index in [4.69, 9.17) is 0 Å². The highest BCUT2D eigenvalue weighted by molar-refractivity contribution is 5.94. The van der Waals surface area contributed by atoms with Crippen molar-refractivity contribution in [1.82, 2.24) is 19.8 Å². The van der Waals surface area contributed by atoms with E-state index in [0.717, 1.165) is 36.2 Å². The third kappa shape index (κ3) is 4.09. The van der Waals surface area contributed by atoms with E-state index >= 15 is 0 Å². The number of imidazole rings is 1. The molecule has 0 aliphatic carbocycles. The lowest BCUT2D eigenvalue weighted by molar-refractivity contribution is 0.0949. The van der Waals surface area contributed by atoms with Crippen LogP contribution in [0.4, 0.5) is 0 Å². The Kier molecular flexibility index (Phi) is 5.72. The Bertz CT molecular complexity index is 931. The third-order valence-electron chi connectivity index (χ3n) is 5.71. The van der Waals surface area contributed by atoms with Crippen molar-refractivity contribution in [3.8, 4) is 5.69 Å². The molecule has 0 spiro atoms. The molecule has 2 heterocycles. The van der Waals surface area contributed by atoms with Gasteiger partial charge in [-0.05, 0) is 69.1 Å². The number of nitrogens with zero attached hydrogens (tertiary/aromatic N) is 3. The van der Waals surface area contributed by atoms with Crippen molar-refractivity contribution >= 4 is 16.9 Å². The number of piperidine rings is 1. The topological polar surface area (TPSA) is 50.2 Å². The maximum Gasteiger partial charge on any atom is 0.251 e. The van der Waals surface area contributed by atoms with Crippen molar-refractivity contribution in [3.63, 3.8) is 0 Å². The molecule has 1 N–H and O–H groups in total. The highest BCUT2D eigenvalue weighted by Gasteiger charge is 2.17. The van der Waals surface area contributed by atoms with Crippen LogP contribution in [0.3, 0.4) is 0 Å². The number of para-hydroxylation sites is 2. The van der Waals surface area contributed by atoms with Gasteiger partial charge in [-0.1, -0.05) is 18.6 Å². The third-order valence-corrected chi connectivity index (χ3v) is 5.71. The fraction of sp³-hybridized carbons (Fsp3) is 0.391. The van der Waals surface area contributed by atoms with Crippen LogP contribution in [0.15, 0.2) is 54.9 Å². The van der Waals surface area contributed by atoms with E-state index in [1.54, 1.807) is 0 Å². The van der Waals surface area contributed by atoms with Crippen LogP contribution in [-0.2, 0) is 0 Å². The summed E-state index contributed by atoms with van der Waals surface area (Å²) in [5, 5.41) is 3.05. The van der Waals surface area contributed by atoms with Gasteiger partial charge in [0.1, 0.15) is 6.33 Å². The fourth-order valence-corrected chi connectivity index (χ4v) is 4.01. The Hall–Kier alpha value is -2.66. The van der Waals surface area contributed by atoms with E-state index in [9.17, 15) is 4.79 Å². The summed E-state index contributed by atoms with van der Waals surface area (Å²) in [6, 6.07) is 16.4. The van der Waals surface area contributed by atoms with Crippen molar-refractivity contribution in [2.24, 2.45) is 0 Å². The molecule has 1 saturated heterocycles. The first-order valence-corrected chi connectivity index (χ1v) is 10.3. The predicted octanol–water partition coefficient (Wildman–Crippen LogP) is 4.02. The minimum absolute atomic E-state index is 0.00580. The number of carbonyl (C=O) groups excluding carboxylic acids is 1. The van der Waals surface area contributed by atoms with Crippen molar-refractivity contribution in [1.29, 1.82) is 0 Å². The van der Waals surface area contributed by atoms with Crippen molar-refractivity contribution in [2.45, 2.75) is 38.6 Å². The number of amides is 1. The highest BCUT2D eigenvalue weighted by atomic mass is 16.1. The van der Waals surface area contributed by atoms with Gasteiger partial charge in [-0.25, -0.2) is 4.98 Å². The molecule has 2 aromatic carbocycles. The van der Waals surface area contributed by atoms with E-state index < -0.39 is 0 Å². The van der Waals surface area contributed by atoms with Crippen LogP contribution in [0.25, 0.3) is 16.7 Å². The summed E-state index contributed by atoms with van der Waals surface area (Å²) >= 11 is 0. The van der Waals surface area contributed by atoms with E-state index in [1.165, 1.54) is 25.8 Å². The van der Waals surface area contributed by atoms with Crippen LogP contribution in [0, 0.1) is 0 Å². The Morgan fingerprint density at radius 2 is 1.96 bits per heavy atom. The van der Waals surface area contributed by atoms with Gasteiger partial charge in [-0.2, -0.15) is 0 Å². The van der Waals surface area contributed by atoms with Gasteiger partial charge in [0.15, 0.2) is 0 Å². The number of carbonyl (C=O) groups is 1. The molecule has 1 atom stereocenters. The van der Waals surface area contributed by atoms with Crippen LogP contribution in [0.5, 0.6) is 0 Å². The SMILES string of the molecule is C[C@@H]1CCCCN1CCCNC(=O)c1ccc(-n2cnc3ccccc32)cc1. The number of hydrogen-bond donors (Lipinski definition) is 1. The fourth-order valence-electron chi connectivity index (χ4n) is 4.01. The zero-order chi connectivity index (χ0) is 19.3. The van der Waals surface area contributed by atoms with Gasteiger partial charge in [0.2, 0.25) is 0 Å². The zero-order valence-electron chi connectivity index (χ0n) is 16.5. The number of nitrogens with one attached hydrogen (secondary N) is 1. The largest absolute Gasteiger partial charge is 0.352 e.